The molecule has 5 heteroatoms. The molecular weight excluding hydrogens is 346 g/mol. The Kier molecular flexibility index (Phi) is 6.27. The third-order valence-corrected chi connectivity index (χ3v) is 3.58. The van der Waals surface area contributed by atoms with Crippen molar-refractivity contribution in [2.45, 2.75) is 6.92 Å². The SMILES string of the molecule is CCOc1cccc(OCCNC(=O)c2ccccc2Br)c1. The van der Waals surface area contributed by atoms with E-state index in [-0.39, 0.29) is 5.91 Å². The number of ether oxygens (including phenoxy) is 2. The van der Waals surface area contributed by atoms with Gasteiger partial charge in [0.1, 0.15) is 18.1 Å². The lowest BCUT2D eigenvalue weighted by molar-refractivity contribution is 0.0946. The maximum atomic E-state index is 12.0. The number of amides is 1. The van der Waals surface area contributed by atoms with Gasteiger partial charge in [0.05, 0.1) is 18.7 Å². The van der Waals surface area contributed by atoms with Gasteiger partial charge >= 0.3 is 0 Å². The molecule has 0 aromatic heterocycles. The summed E-state index contributed by atoms with van der Waals surface area (Å²) in [4.78, 5) is 12.0. The van der Waals surface area contributed by atoms with Gasteiger partial charge in [0, 0.05) is 10.5 Å². The topological polar surface area (TPSA) is 47.6 Å². The fourth-order valence-electron chi connectivity index (χ4n) is 1.89. The van der Waals surface area contributed by atoms with E-state index < -0.39 is 0 Å². The summed E-state index contributed by atoms with van der Waals surface area (Å²) in [5, 5.41) is 2.82. The van der Waals surface area contributed by atoms with Crippen LogP contribution in [0, 0.1) is 0 Å². The highest BCUT2D eigenvalue weighted by molar-refractivity contribution is 9.10. The zero-order valence-corrected chi connectivity index (χ0v) is 13.9. The van der Waals surface area contributed by atoms with Crippen molar-refractivity contribution in [2.24, 2.45) is 0 Å². The lowest BCUT2D eigenvalue weighted by atomic mass is 10.2. The molecule has 0 aliphatic carbocycles. The normalized spacial score (nSPS) is 10.1. The molecule has 22 heavy (non-hydrogen) atoms. The Balaban J connectivity index is 1.78. The first-order valence-electron chi connectivity index (χ1n) is 7.09. The molecule has 4 nitrogen and oxygen atoms in total. The van der Waals surface area contributed by atoms with Gasteiger partial charge < -0.3 is 14.8 Å². The number of carbonyl (C=O) groups excluding carboxylic acids is 1. The van der Waals surface area contributed by atoms with Crippen LogP contribution < -0.4 is 14.8 Å². The van der Waals surface area contributed by atoms with E-state index in [1.807, 2.05) is 49.4 Å². The average molecular weight is 364 g/mol. The quantitative estimate of drug-likeness (QED) is 0.763. The molecule has 0 spiro atoms. The van der Waals surface area contributed by atoms with Crippen LogP contribution >= 0.6 is 15.9 Å². The molecule has 0 saturated heterocycles. The third kappa shape index (κ3) is 4.77. The Morgan fingerprint density at radius 3 is 2.55 bits per heavy atom. The lowest BCUT2D eigenvalue weighted by Gasteiger charge is -2.10. The molecule has 0 saturated carbocycles. The Morgan fingerprint density at radius 2 is 1.82 bits per heavy atom. The molecule has 1 amide bonds. The number of carbonyl (C=O) groups is 1. The van der Waals surface area contributed by atoms with Crippen LogP contribution in [0.25, 0.3) is 0 Å². The Morgan fingerprint density at radius 1 is 1.09 bits per heavy atom. The highest BCUT2D eigenvalue weighted by Crippen LogP contribution is 2.19. The van der Waals surface area contributed by atoms with Crippen molar-refractivity contribution in [2.75, 3.05) is 19.8 Å². The van der Waals surface area contributed by atoms with E-state index in [2.05, 4.69) is 21.2 Å². The number of rotatable bonds is 7. The number of halogens is 1. The van der Waals surface area contributed by atoms with Crippen LogP contribution in [0.3, 0.4) is 0 Å². The van der Waals surface area contributed by atoms with Crippen molar-refractivity contribution in [3.05, 3.63) is 58.6 Å². The summed E-state index contributed by atoms with van der Waals surface area (Å²) in [6.07, 6.45) is 0. The van der Waals surface area contributed by atoms with Crippen LogP contribution in [0.5, 0.6) is 11.5 Å². The van der Waals surface area contributed by atoms with E-state index in [0.29, 0.717) is 25.3 Å². The zero-order valence-electron chi connectivity index (χ0n) is 12.3. The first-order valence-corrected chi connectivity index (χ1v) is 7.88. The van der Waals surface area contributed by atoms with Gasteiger partial charge in [-0.25, -0.2) is 0 Å². The van der Waals surface area contributed by atoms with Crippen molar-refractivity contribution < 1.29 is 14.3 Å². The van der Waals surface area contributed by atoms with Crippen LogP contribution in [-0.2, 0) is 0 Å². The predicted molar refractivity (Wildman–Crippen MR) is 89.6 cm³/mol. The van der Waals surface area contributed by atoms with Crippen LogP contribution in [0.15, 0.2) is 53.0 Å². The Bertz CT molecular complexity index is 631. The van der Waals surface area contributed by atoms with Gasteiger partial charge in [-0.05, 0) is 47.1 Å². The van der Waals surface area contributed by atoms with E-state index in [1.54, 1.807) is 6.07 Å². The summed E-state index contributed by atoms with van der Waals surface area (Å²) in [6.45, 7) is 3.38. The van der Waals surface area contributed by atoms with Crippen LogP contribution in [0.4, 0.5) is 0 Å². The zero-order chi connectivity index (χ0) is 15.8. The molecule has 1 N–H and O–H groups in total. The summed E-state index contributed by atoms with van der Waals surface area (Å²) in [5.74, 6) is 1.37. The van der Waals surface area contributed by atoms with Gasteiger partial charge in [-0.2, -0.15) is 0 Å². The minimum Gasteiger partial charge on any atom is -0.494 e. The fourth-order valence-corrected chi connectivity index (χ4v) is 2.36. The molecule has 2 aromatic carbocycles. The van der Waals surface area contributed by atoms with E-state index in [1.165, 1.54) is 0 Å². The van der Waals surface area contributed by atoms with Gasteiger partial charge in [0.25, 0.3) is 5.91 Å². The molecule has 0 atom stereocenters. The summed E-state index contributed by atoms with van der Waals surface area (Å²) < 4.78 is 11.8. The number of benzene rings is 2. The number of hydrogen-bond acceptors (Lipinski definition) is 3. The van der Waals surface area contributed by atoms with E-state index in [4.69, 9.17) is 9.47 Å². The predicted octanol–water partition coefficient (Wildman–Crippen LogP) is 3.66. The minimum absolute atomic E-state index is 0.126. The van der Waals surface area contributed by atoms with Gasteiger partial charge in [-0.3, -0.25) is 4.79 Å². The maximum absolute atomic E-state index is 12.0. The first-order chi connectivity index (χ1) is 10.7. The summed E-state index contributed by atoms with van der Waals surface area (Å²) >= 11 is 3.36. The third-order valence-electron chi connectivity index (χ3n) is 2.89. The second-order valence-corrected chi connectivity index (χ2v) is 5.35. The second kappa shape index (κ2) is 8.44. The van der Waals surface area contributed by atoms with E-state index in [0.717, 1.165) is 16.0 Å². The van der Waals surface area contributed by atoms with Crippen molar-refractivity contribution in [3.63, 3.8) is 0 Å². The largest absolute Gasteiger partial charge is 0.494 e. The van der Waals surface area contributed by atoms with Crippen LogP contribution in [0.1, 0.15) is 17.3 Å². The fraction of sp³-hybridized carbons (Fsp3) is 0.235. The maximum Gasteiger partial charge on any atom is 0.252 e. The molecule has 0 unspecified atom stereocenters. The van der Waals surface area contributed by atoms with Gasteiger partial charge in [-0.15, -0.1) is 0 Å². The van der Waals surface area contributed by atoms with Crippen LogP contribution in [0.2, 0.25) is 0 Å². The van der Waals surface area contributed by atoms with Crippen molar-refractivity contribution in [3.8, 4) is 11.5 Å². The van der Waals surface area contributed by atoms with Gasteiger partial charge in [0.2, 0.25) is 0 Å². The molecule has 0 radical (unpaired) electrons. The molecular formula is C17H18BrNO3. The standard InChI is InChI=1S/C17H18BrNO3/c1-2-21-13-6-5-7-14(12-13)22-11-10-19-17(20)15-8-3-4-9-16(15)18/h3-9,12H,2,10-11H2,1H3,(H,19,20). The minimum atomic E-state index is -0.126. The molecule has 0 heterocycles. The average Bonchev–Trinajstić information content (AvgIpc) is 2.52. The highest BCUT2D eigenvalue weighted by Gasteiger charge is 2.08. The smallest absolute Gasteiger partial charge is 0.252 e. The number of nitrogens with one attached hydrogen (secondary N) is 1. The summed E-state index contributed by atoms with van der Waals surface area (Å²) in [5.41, 5.74) is 0.612. The molecule has 0 aliphatic heterocycles. The Labute approximate surface area is 138 Å². The summed E-state index contributed by atoms with van der Waals surface area (Å²) in [6, 6.07) is 14.8. The molecule has 2 aromatic rings. The van der Waals surface area contributed by atoms with Crippen molar-refractivity contribution in [1.82, 2.24) is 5.32 Å². The Hall–Kier alpha value is -2.01. The summed E-state index contributed by atoms with van der Waals surface area (Å²) in [7, 11) is 0. The number of hydrogen-bond donors (Lipinski definition) is 1. The molecule has 0 aliphatic rings. The molecule has 0 fully saturated rings. The molecule has 2 rings (SSSR count). The lowest BCUT2D eigenvalue weighted by Crippen LogP contribution is -2.28. The molecule has 116 valence electrons. The van der Waals surface area contributed by atoms with Crippen molar-refractivity contribution in [1.29, 1.82) is 0 Å². The van der Waals surface area contributed by atoms with Crippen LogP contribution in [-0.4, -0.2) is 25.7 Å². The van der Waals surface area contributed by atoms with Gasteiger partial charge in [0.15, 0.2) is 0 Å². The van der Waals surface area contributed by atoms with Gasteiger partial charge in [-0.1, -0.05) is 18.2 Å². The molecule has 0 bridgehead atoms. The highest BCUT2D eigenvalue weighted by atomic mass is 79.9. The first kappa shape index (κ1) is 16.4. The van der Waals surface area contributed by atoms with E-state index in [9.17, 15) is 4.79 Å². The van der Waals surface area contributed by atoms with Crippen molar-refractivity contribution >= 4 is 21.8 Å². The van der Waals surface area contributed by atoms with E-state index >= 15 is 0 Å². The monoisotopic (exact) mass is 363 g/mol. The second-order valence-electron chi connectivity index (χ2n) is 4.49.